The minimum atomic E-state index is -0.380. The largest absolute Gasteiger partial charge is 0.360 e. The van der Waals surface area contributed by atoms with Crippen molar-refractivity contribution in [2.24, 2.45) is 0 Å². The number of rotatable bonds is 4. The molecule has 0 fully saturated rings. The smallest absolute Gasteiger partial charge is 0.164 e. The summed E-state index contributed by atoms with van der Waals surface area (Å²) < 4.78 is 13.1. The molecule has 4 aromatic rings. The van der Waals surface area contributed by atoms with E-state index in [4.69, 9.17) is 0 Å². The van der Waals surface area contributed by atoms with Crippen LogP contribution in [0.1, 0.15) is 23.0 Å². The first-order valence-corrected chi connectivity index (χ1v) is 8.71. The Balaban J connectivity index is 1.72. The van der Waals surface area contributed by atoms with E-state index in [1.807, 2.05) is 19.9 Å². The molecule has 0 saturated carbocycles. The second-order valence-corrected chi connectivity index (χ2v) is 6.92. The van der Waals surface area contributed by atoms with Crippen molar-refractivity contribution in [3.63, 3.8) is 0 Å². The Hall–Kier alpha value is -3.07. The maximum atomic E-state index is 13.1. The topological polar surface area (TPSA) is 89.4 Å². The number of aromatic nitrogens is 6. The zero-order valence-electron chi connectivity index (χ0n) is 14.0. The maximum Gasteiger partial charge on any atom is 0.164 e. The number of nitrogens with one attached hydrogen (secondary N) is 1. The average Bonchev–Trinajstić information content (AvgIpc) is 3.09. The summed E-state index contributed by atoms with van der Waals surface area (Å²) in [7, 11) is 0. The van der Waals surface area contributed by atoms with Crippen molar-refractivity contribution in [3.05, 3.63) is 52.8 Å². The number of fused-ring (bicyclic) bond motifs is 1. The lowest BCUT2D eigenvalue weighted by Gasteiger charge is -2.13. The van der Waals surface area contributed by atoms with Crippen LogP contribution in [0, 0.1) is 12.7 Å². The van der Waals surface area contributed by atoms with Crippen LogP contribution in [-0.4, -0.2) is 30.1 Å². The highest BCUT2D eigenvalue weighted by Gasteiger charge is 2.14. The molecule has 0 aliphatic rings. The summed E-state index contributed by atoms with van der Waals surface area (Å²) in [5, 5.41) is 14.1. The van der Waals surface area contributed by atoms with E-state index in [0.29, 0.717) is 17.2 Å². The van der Waals surface area contributed by atoms with Gasteiger partial charge in [-0.05, 0) is 32.0 Å². The fourth-order valence-corrected chi connectivity index (χ4v) is 3.20. The third kappa shape index (κ3) is 3.21. The molecular weight excluding hydrogens is 353 g/mol. The molecule has 1 atom stereocenters. The third-order valence-electron chi connectivity index (χ3n) is 3.78. The van der Waals surface area contributed by atoms with E-state index in [1.54, 1.807) is 12.3 Å². The van der Waals surface area contributed by atoms with E-state index in [0.717, 1.165) is 21.0 Å². The minimum Gasteiger partial charge on any atom is -0.360 e. The van der Waals surface area contributed by atoms with Gasteiger partial charge in [-0.15, -0.1) is 10.2 Å². The number of aryl methyl sites for hydroxylation is 1. The van der Waals surface area contributed by atoms with Gasteiger partial charge >= 0.3 is 0 Å². The van der Waals surface area contributed by atoms with Gasteiger partial charge in [-0.2, -0.15) is 0 Å². The Morgan fingerprint density at radius 3 is 2.69 bits per heavy atom. The lowest BCUT2D eigenvalue weighted by molar-refractivity contribution is 0.622. The van der Waals surface area contributed by atoms with Crippen LogP contribution in [0.15, 0.2) is 36.9 Å². The fraction of sp³-hybridized carbons (Fsp3) is 0.176. The van der Waals surface area contributed by atoms with E-state index in [1.165, 1.54) is 29.9 Å². The van der Waals surface area contributed by atoms with E-state index in [9.17, 15) is 4.39 Å². The molecule has 0 amide bonds. The van der Waals surface area contributed by atoms with Crippen LogP contribution in [0.3, 0.4) is 0 Å². The van der Waals surface area contributed by atoms with Crippen molar-refractivity contribution >= 4 is 28.2 Å². The summed E-state index contributed by atoms with van der Waals surface area (Å²) in [4.78, 5) is 17.0. The Morgan fingerprint density at radius 1 is 1.08 bits per heavy atom. The fourth-order valence-electron chi connectivity index (χ4n) is 2.50. The number of anilines is 1. The van der Waals surface area contributed by atoms with Gasteiger partial charge in [-0.25, -0.2) is 19.3 Å². The first-order valence-electron chi connectivity index (χ1n) is 7.89. The highest BCUT2D eigenvalue weighted by Crippen LogP contribution is 2.27. The summed E-state index contributed by atoms with van der Waals surface area (Å²) in [6.07, 6.45) is 4.31. The highest BCUT2D eigenvalue weighted by molar-refractivity contribution is 7.11. The van der Waals surface area contributed by atoms with E-state index in [-0.39, 0.29) is 11.9 Å². The number of halogens is 1. The van der Waals surface area contributed by atoms with Crippen LogP contribution < -0.4 is 5.32 Å². The van der Waals surface area contributed by atoms with E-state index < -0.39 is 0 Å². The second kappa shape index (κ2) is 6.68. The van der Waals surface area contributed by atoms with Gasteiger partial charge in [-0.3, -0.25) is 4.98 Å². The average molecular weight is 367 g/mol. The second-order valence-electron chi connectivity index (χ2n) is 5.70. The SMILES string of the molecule is Cc1nnc(C(C)Nc2ncnc3ncc(-c4ccc(F)cn4)cc23)s1. The van der Waals surface area contributed by atoms with Crippen molar-refractivity contribution in [1.82, 2.24) is 30.1 Å². The molecule has 0 spiro atoms. The number of pyridine rings is 2. The summed E-state index contributed by atoms with van der Waals surface area (Å²) in [6.45, 7) is 3.91. The van der Waals surface area contributed by atoms with E-state index >= 15 is 0 Å². The predicted octanol–water partition coefficient (Wildman–Crippen LogP) is 3.56. The van der Waals surface area contributed by atoms with Gasteiger partial charge in [0.15, 0.2) is 5.65 Å². The van der Waals surface area contributed by atoms with Crippen molar-refractivity contribution < 1.29 is 4.39 Å². The van der Waals surface area contributed by atoms with Gasteiger partial charge in [0.05, 0.1) is 23.3 Å². The van der Waals surface area contributed by atoms with Crippen LogP contribution >= 0.6 is 11.3 Å². The molecule has 4 rings (SSSR count). The first-order chi connectivity index (χ1) is 12.6. The van der Waals surface area contributed by atoms with Crippen molar-refractivity contribution in [2.75, 3.05) is 5.32 Å². The summed E-state index contributed by atoms with van der Waals surface area (Å²) in [5.41, 5.74) is 1.95. The van der Waals surface area contributed by atoms with Crippen molar-refractivity contribution in [1.29, 1.82) is 0 Å². The monoisotopic (exact) mass is 367 g/mol. The molecule has 130 valence electrons. The molecule has 9 heteroatoms. The van der Waals surface area contributed by atoms with Gasteiger partial charge in [0.2, 0.25) is 0 Å². The van der Waals surface area contributed by atoms with Crippen molar-refractivity contribution in [3.8, 4) is 11.3 Å². The van der Waals surface area contributed by atoms with Crippen LogP contribution in [0.2, 0.25) is 0 Å². The molecule has 7 nitrogen and oxygen atoms in total. The number of hydrogen-bond donors (Lipinski definition) is 1. The summed E-state index contributed by atoms with van der Waals surface area (Å²) in [6, 6.07) is 4.81. The van der Waals surface area contributed by atoms with Crippen molar-refractivity contribution in [2.45, 2.75) is 19.9 Å². The normalized spacial score (nSPS) is 12.3. The Bertz CT molecular complexity index is 1060. The highest BCUT2D eigenvalue weighted by atomic mass is 32.1. The molecule has 0 aromatic carbocycles. The zero-order valence-corrected chi connectivity index (χ0v) is 14.8. The third-order valence-corrected chi connectivity index (χ3v) is 4.80. The summed E-state index contributed by atoms with van der Waals surface area (Å²) in [5.74, 6) is 0.265. The van der Waals surface area contributed by atoms with Gasteiger partial charge in [0.25, 0.3) is 0 Å². The molecule has 1 N–H and O–H groups in total. The molecule has 0 saturated heterocycles. The lowest BCUT2D eigenvalue weighted by atomic mass is 10.1. The van der Waals surface area contributed by atoms with Gasteiger partial charge in [-0.1, -0.05) is 11.3 Å². The lowest BCUT2D eigenvalue weighted by Crippen LogP contribution is -2.08. The maximum absolute atomic E-state index is 13.1. The predicted molar refractivity (Wildman–Crippen MR) is 97.2 cm³/mol. The Morgan fingerprint density at radius 2 is 1.96 bits per heavy atom. The van der Waals surface area contributed by atoms with Crippen LogP contribution in [0.5, 0.6) is 0 Å². The number of hydrogen-bond acceptors (Lipinski definition) is 8. The molecule has 0 radical (unpaired) electrons. The minimum absolute atomic E-state index is 0.0631. The molecule has 4 aromatic heterocycles. The Labute approximate surface area is 152 Å². The Kier molecular flexibility index (Phi) is 4.21. The zero-order chi connectivity index (χ0) is 18.1. The quantitative estimate of drug-likeness (QED) is 0.590. The van der Waals surface area contributed by atoms with Gasteiger partial charge in [0, 0.05) is 11.8 Å². The molecule has 26 heavy (non-hydrogen) atoms. The molecular formula is C17H14FN7S. The van der Waals surface area contributed by atoms with Crippen LogP contribution in [-0.2, 0) is 0 Å². The van der Waals surface area contributed by atoms with E-state index in [2.05, 4.69) is 35.5 Å². The van der Waals surface area contributed by atoms with Crippen LogP contribution in [0.4, 0.5) is 10.2 Å². The molecule has 0 bridgehead atoms. The molecule has 1 unspecified atom stereocenters. The molecule has 4 heterocycles. The molecule has 0 aliphatic heterocycles. The van der Waals surface area contributed by atoms with Gasteiger partial charge < -0.3 is 5.32 Å². The van der Waals surface area contributed by atoms with Gasteiger partial charge in [0.1, 0.15) is 28.0 Å². The van der Waals surface area contributed by atoms with Crippen LogP contribution in [0.25, 0.3) is 22.3 Å². The molecule has 0 aliphatic carbocycles. The summed E-state index contributed by atoms with van der Waals surface area (Å²) >= 11 is 1.53. The number of nitrogens with zero attached hydrogens (tertiary/aromatic N) is 6. The standard InChI is InChI=1S/C17H14FN7S/c1-9(17-25-24-10(2)26-17)23-16-13-5-11(6-20-15(13)21-8-22-16)14-4-3-12(18)7-19-14/h3-9H,1-2H3,(H,20,21,22,23). The first kappa shape index (κ1) is 16.4.